The molecule has 0 amide bonds. The zero-order valence-corrected chi connectivity index (χ0v) is 35.2. The molecule has 0 N–H and O–H groups in total. The van der Waals surface area contributed by atoms with Crippen molar-refractivity contribution in [3.63, 3.8) is 0 Å². The van der Waals surface area contributed by atoms with Gasteiger partial charge >= 0.3 is 0 Å². The van der Waals surface area contributed by atoms with E-state index < -0.39 is 5.41 Å². The molecule has 1 aromatic heterocycles. The Kier molecular flexibility index (Phi) is 7.45. The highest BCUT2D eigenvalue weighted by Gasteiger charge is 2.51. The lowest BCUT2D eigenvalue weighted by molar-refractivity contribution is 0.394. The van der Waals surface area contributed by atoms with Crippen LogP contribution in [0, 0.1) is 11.8 Å². The van der Waals surface area contributed by atoms with Crippen LogP contribution in [-0.4, -0.2) is 4.57 Å². The molecule has 3 nitrogen and oxygen atoms in total. The quantitative estimate of drug-likeness (QED) is 0.176. The van der Waals surface area contributed by atoms with Crippen LogP contribution in [-0.2, 0) is 10.8 Å². The Morgan fingerprint density at radius 2 is 1.29 bits per heavy atom. The summed E-state index contributed by atoms with van der Waals surface area (Å²) in [5.41, 5.74) is 15.8. The third-order valence-electron chi connectivity index (χ3n) is 14.9. The topological polar surface area (TPSA) is 17.4 Å². The number of hydrogen-bond donors (Lipinski definition) is 0. The molecule has 62 heavy (non-hydrogen) atoms. The lowest BCUT2D eigenvalue weighted by Gasteiger charge is -2.46. The van der Waals surface area contributed by atoms with Crippen molar-refractivity contribution < 1.29 is 4.74 Å². The average Bonchev–Trinajstić information content (AvgIpc) is 3.76. The van der Waals surface area contributed by atoms with Crippen molar-refractivity contribution in [1.82, 2.24) is 4.57 Å². The van der Waals surface area contributed by atoms with Crippen molar-refractivity contribution >= 4 is 39.6 Å². The van der Waals surface area contributed by atoms with Gasteiger partial charge in [0.1, 0.15) is 11.5 Å². The van der Waals surface area contributed by atoms with Gasteiger partial charge in [0.05, 0.1) is 22.0 Å². The van der Waals surface area contributed by atoms with Crippen LogP contribution in [0.15, 0.2) is 188 Å². The zero-order valence-electron chi connectivity index (χ0n) is 35.2. The standard InChI is InChI=1S/C59H46N2O/c1-37-33-46-45-18-8-12-22-53(45)61-54-23-13-10-20-48(54)59(52(34-37)57(46)61)49-21-11-14-24-55(49)62-56-32-27-39(35-51(56)59)38-25-28-41(29-26-38)60(40-15-5-4-6-16-40)42-30-31-44-43-17-7-9-19-47(43)58(2,3)50(44)36-42/h4-33,35-37,43,47H,34H2,1-3H3. The van der Waals surface area contributed by atoms with Gasteiger partial charge in [-0.25, -0.2) is 0 Å². The average molecular weight is 799 g/mol. The summed E-state index contributed by atoms with van der Waals surface area (Å²) in [5, 5.41) is 4.00. The van der Waals surface area contributed by atoms with E-state index in [-0.39, 0.29) is 5.41 Å². The van der Waals surface area contributed by atoms with Crippen LogP contribution in [0.25, 0.3) is 39.4 Å². The van der Waals surface area contributed by atoms with Crippen LogP contribution in [0.5, 0.6) is 11.5 Å². The number of nitrogens with zero attached hydrogens (tertiary/aromatic N) is 2. The summed E-state index contributed by atoms with van der Waals surface area (Å²) >= 11 is 0. The molecule has 8 aromatic rings. The van der Waals surface area contributed by atoms with Crippen LogP contribution in [0.3, 0.4) is 0 Å². The summed E-state index contributed by atoms with van der Waals surface area (Å²) in [6.07, 6.45) is 12.7. The zero-order chi connectivity index (χ0) is 41.3. The highest BCUT2D eigenvalue weighted by atomic mass is 16.5. The molecular weight excluding hydrogens is 753 g/mol. The van der Waals surface area contributed by atoms with Crippen molar-refractivity contribution in [2.45, 2.75) is 43.9 Å². The second-order valence-electron chi connectivity index (χ2n) is 18.6. The molecule has 0 radical (unpaired) electrons. The predicted octanol–water partition coefficient (Wildman–Crippen LogP) is 13.3. The Morgan fingerprint density at radius 3 is 2.16 bits per heavy atom. The van der Waals surface area contributed by atoms with Crippen molar-refractivity contribution in [3.8, 4) is 28.3 Å². The fraction of sp³-hybridized carbons (Fsp3) is 0.153. The Hall–Kier alpha value is -7.10. The maximum atomic E-state index is 6.91. The van der Waals surface area contributed by atoms with Gasteiger partial charge in [-0.1, -0.05) is 148 Å². The Labute approximate surface area is 362 Å². The summed E-state index contributed by atoms with van der Waals surface area (Å²) in [6.45, 7) is 7.20. The third-order valence-corrected chi connectivity index (χ3v) is 14.9. The molecule has 3 heteroatoms. The van der Waals surface area contributed by atoms with Crippen LogP contribution in [0.2, 0.25) is 0 Å². The first-order valence-electron chi connectivity index (χ1n) is 22.2. The van der Waals surface area contributed by atoms with E-state index in [1.165, 1.54) is 77.4 Å². The van der Waals surface area contributed by atoms with E-state index in [9.17, 15) is 0 Å². The van der Waals surface area contributed by atoms with Crippen LogP contribution >= 0.6 is 0 Å². The summed E-state index contributed by atoms with van der Waals surface area (Å²) in [4.78, 5) is 2.41. The first kappa shape index (κ1) is 35.6. The highest BCUT2D eigenvalue weighted by molar-refractivity contribution is 5.93. The first-order chi connectivity index (χ1) is 30.4. The highest BCUT2D eigenvalue weighted by Crippen LogP contribution is 2.60. The normalized spacial score (nSPS) is 21.5. The molecule has 0 bridgehead atoms. The number of ether oxygens (including phenoxy) is 1. The van der Waals surface area contributed by atoms with Gasteiger partial charge in [0.15, 0.2) is 0 Å². The first-order valence-corrected chi connectivity index (χ1v) is 22.2. The minimum atomic E-state index is -0.549. The van der Waals surface area contributed by atoms with Crippen molar-refractivity contribution in [2.24, 2.45) is 11.8 Å². The fourth-order valence-electron chi connectivity index (χ4n) is 12.2. The van der Waals surface area contributed by atoms with E-state index in [4.69, 9.17) is 4.74 Å². The van der Waals surface area contributed by atoms with Crippen LogP contribution in [0.4, 0.5) is 17.1 Å². The van der Waals surface area contributed by atoms with E-state index in [0.29, 0.717) is 17.8 Å². The maximum absolute atomic E-state index is 6.91. The molecule has 3 heterocycles. The number of fused-ring (bicyclic) bond motifs is 14. The van der Waals surface area contributed by atoms with E-state index in [2.05, 4.69) is 224 Å². The largest absolute Gasteiger partial charge is 0.457 e. The second kappa shape index (κ2) is 13.0. The SMILES string of the molecule is CC1C=c2c3n(c4ccccc24)-c2ccccc2C2(C=3C1)c1ccccc1Oc1ccc(-c3ccc(N(c4ccccc4)c4ccc5c(c4)C(C)(C)C4C=CC=CC54)cc3)cc12. The van der Waals surface area contributed by atoms with Gasteiger partial charge in [-0.3, -0.25) is 0 Å². The van der Waals surface area contributed by atoms with Gasteiger partial charge in [-0.2, -0.15) is 0 Å². The van der Waals surface area contributed by atoms with Gasteiger partial charge < -0.3 is 14.2 Å². The molecule has 5 aliphatic rings. The smallest absolute Gasteiger partial charge is 0.132 e. The van der Waals surface area contributed by atoms with Crippen molar-refractivity contribution in [2.75, 3.05) is 4.90 Å². The summed E-state index contributed by atoms with van der Waals surface area (Å²) in [5.74, 6) is 3.10. The Balaban J connectivity index is 0.985. The number of aromatic nitrogens is 1. The van der Waals surface area contributed by atoms with Gasteiger partial charge in [-0.15, -0.1) is 0 Å². The molecule has 2 aliphatic heterocycles. The third kappa shape index (κ3) is 4.77. The molecule has 13 rings (SSSR count). The summed E-state index contributed by atoms with van der Waals surface area (Å²) in [7, 11) is 0. The van der Waals surface area contributed by atoms with Crippen LogP contribution < -0.4 is 20.2 Å². The predicted molar refractivity (Wildman–Crippen MR) is 255 cm³/mol. The minimum Gasteiger partial charge on any atom is -0.457 e. The Bertz CT molecular complexity index is 3370. The monoisotopic (exact) mass is 798 g/mol. The van der Waals surface area contributed by atoms with Crippen molar-refractivity contribution in [1.29, 1.82) is 0 Å². The summed E-state index contributed by atoms with van der Waals surface area (Å²) < 4.78 is 9.46. The van der Waals surface area contributed by atoms with Crippen LogP contribution in [0.1, 0.15) is 60.9 Å². The van der Waals surface area contributed by atoms with E-state index in [1.807, 2.05) is 0 Å². The molecule has 0 saturated carbocycles. The number of benzene rings is 7. The molecule has 0 saturated heterocycles. The molecule has 7 aromatic carbocycles. The molecule has 0 fully saturated rings. The molecular formula is C59H46N2O. The van der Waals surface area contributed by atoms with E-state index >= 15 is 0 Å². The molecule has 3 aliphatic carbocycles. The number of para-hydroxylation sites is 4. The van der Waals surface area contributed by atoms with Gasteiger partial charge in [0.25, 0.3) is 0 Å². The molecule has 4 atom stereocenters. The summed E-state index contributed by atoms with van der Waals surface area (Å²) in [6, 6.07) is 60.8. The lowest BCUT2D eigenvalue weighted by atomic mass is 9.59. The molecule has 298 valence electrons. The number of anilines is 3. The van der Waals surface area contributed by atoms with E-state index in [1.54, 1.807) is 0 Å². The number of allylic oxidation sites excluding steroid dienone is 4. The van der Waals surface area contributed by atoms with Crippen molar-refractivity contribution in [3.05, 3.63) is 226 Å². The molecule has 1 spiro atoms. The fourth-order valence-corrected chi connectivity index (χ4v) is 12.2. The Morgan fingerprint density at radius 1 is 0.597 bits per heavy atom. The van der Waals surface area contributed by atoms with Gasteiger partial charge in [0, 0.05) is 44.7 Å². The maximum Gasteiger partial charge on any atom is 0.132 e. The number of hydrogen-bond acceptors (Lipinski definition) is 2. The molecule has 4 unspecified atom stereocenters. The van der Waals surface area contributed by atoms with E-state index in [0.717, 1.165) is 29.3 Å². The second-order valence-corrected chi connectivity index (χ2v) is 18.6. The van der Waals surface area contributed by atoms with Gasteiger partial charge in [0.2, 0.25) is 0 Å². The number of rotatable bonds is 4. The minimum absolute atomic E-state index is 0.0285. The van der Waals surface area contributed by atoms with Gasteiger partial charge in [-0.05, 0) is 124 Å². The lowest BCUT2D eigenvalue weighted by Crippen LogP contribution is -2.48.